The maximum atomic E-state index is 13.0. The summed E-state index contributed by atoms with van der Waals surface area (Å²) in [6, 6.07) is 14.1. The van der Waals surface area contributed by atoms with E-state index >= 15 is 0 Å². The van der Waals surface area contributed by atoms with Gasteiger partial charge in [0, 0.05) is 24.7 Å². The van der Waals surface area contributed by atoms with Crippen LogP contribution >= 0.6 is 0 Å². The van der Waals surface area contributed by atoms with Gasteiger partial charge >= 0.3 is 0 Å². The molecular weight excluding hydrogens is 400 g/mol. The van der Waals surface area contributed by atoms with Crippen molar-refractivity contribution in [3.63, 3.8) is 0 Å². The quantitative estimate of drug-likeness (QED) is 0.787. The molecule has 2 aromatic carbocycles. The van der Waals surface area contributed by atoms with Gasteiger partial charge in [0.2, 0.25) is 10.0 Å². The Kier molecular flexibility index (Phi) is 6.53. The van der Waals surface area contributed by atoms with E-state index in [1.54, 1.807) is 43.5 Å². The summed E-state index contributed by atoms with van der Waals surface area (Å²) in [5.41, 5.74) is 1.60. The average Bonchev–Trinajstić information content (AvgIpc) is 2.73. The van der Waals surface area contributed by atoms with Crippen LogP contribution in [0.1, 0.15) is 49.5 Å². The number of nitrogens with zero attached hydrogens (tertiary/aromatic N) is 1. The smallest absolute Gasteiger partial charge is 0.251 e. The Bertz CT molecular complexity index is 987. The molecule has 1 amide bonds. The SMILES string of the molecule is COc1cccc(C(=O)NC2CCN(S(=O)(=O)c3ccc(C(C)(C)C)cc3)CC2)c1. The first kappa shape index (κ1) is 22.3. The van der Waals surface area contributed by atoms with E-state index < -0.39 is 10.0 Å². The maximum absolute atomic E-state index is 13.0. The molecule has 1 aliphatic heterocycles. The number of nitrogens with one attached hydrogen (secondary N) is 1. The van der Waals surface area contributed by atoms with Crippen molar-refractivity contribution in [2.75, 3.05) is 20.2 Å². The van der Waals surface area contributed by atoms with Crippen LogP contribution in [0.25, 0.3) is 0 Å². The van der Waals surface area contributed by atoms with Crippen molar-refractivity contribution in [1.82, 2.24) is 9.62 Å². The highest BCUT2D eigenvalue weighted by atomic mass is 32.2. The lowest BCUT2D eigenvalue weighted by Crippen LogP contribution is -2.46. The molecule has 1 aliphatic rings. The van der Waals surface area contributed by atoms with Crippen molar-refractivity contribution in [1.29, 1.82) is 0 Å². The predicted octanol–water partition coefficient (Wildman–Crippen LogP) is 3.58. The molecule has 0 bridgehead atoms. The second-order valence-corrected chi connectivity index (χ2v) is 10.6. The van der Waals surface area contributed by atoms with E-state index in [4.69, 9.17) is 4.74 Å². The van der Waals surface area contributed by atoms with E-state index in [1.165, 1.54) is 4.31 Å². The Labute approximate surface area is 179 Å². The van der Waals surface area contributed by atoms with Gasteiger partial charge in [0.05, 0.1) is 12.0 Å². The van der Waals surface area contributed by atoms with Gasteiger partial charge in [-0.05, 0) is 54.2 Å². The van der Waals surface area contributed by atoms with Gasteiger partial charge in [0.1, 0.15) is 5.75 Å². The minimum absolute atomic E-state index is 0.0262. The third-order valence-corrected chi connectivity index (χ3v) is 7.39. The average molecular weight is 431 g/mol. The second-order valence-electron chi connectivity index (χ2n) is 8.66. The van der Waals surface area contributed by atoms with E-state index in [9.17, 15) is 13.2 Å². The van der Waals surface area contributed by atoms with Crippen LogP contribution in [0.4, 0.5) is 0 Å². The molecule has 1 fully saturated rings. The molecule has 30 heavy (non-hydrogen) atoms. The number of hydrogen-bond acceptors (Lipinski definition) is 4. The van der Waals surface area contributed by atoms with E-state index in [2.05, 4.69) is 26.1 Å². The summed E-state index contributed by atoms with van der Waals surface area (Å²) in [5.74, 6) is 0.453. The molecule has 0 saturated carbocycles. The molecule has 2 aromatic rings. The lowest BCUT2D eigenvalue weighted by atomic mass is 9.87. The molecule has 0 aromatic heterocycles. The maximum Gasteiger partial charge on any atom is 0.251 e. The van der Waals surface area contributed by atoms with E-state index in [-0.39, 0.29) is 17.4 Å². The lowest BCUT2D eigenvalue weighted by molar-refractivity contribution is 0.0923. The van der Waals surface area contributed by atoms with Crippen LogP contribution in [-0.2, 0) is 15.4 Å². The molecule has 0 spiro atoms. The fraction of sp³-hybridized carbons (Fsp3) is 0.435. The van der Waals surface area contributed by atoms with Crippen LogP contribution < -0.4 is 10.1 Å². The lowest BCUT2D eigenvalue weighted by Gasteiger charge is -2.31. The number of methoxy groups -OCH3 is 1. The van der Waals surface area contributed by atoms with Crippen LogP contribution in [0.15, 0.2) is 53.4 Å². The van der Waals surface area contributed by atoms with Crippen LogP contribution in [0.3, 0.4) is 0 Å². The minimum atomic E-state index is -3.53. The van der Waals surface area contributed by atoms with Crippen LogP contribution in [0.5, 0.6) is 5.75 Å². The van der Waals surface area contributed by atoms with Crippen molar-refractivity contribution in [3.05, 3.63) is 59.7 Å². The summed E-state index contributed by atoms with van der Waals surface area (Å²) in [6.07, 6.45) is 1.16. The van der Waals surface area contributed by atoms with Crippen molar-refractivity contribution in [2.45, 2.75) is 50.0 Å². The van der Waals surface area contributed by atoms with Crippen LogP contribution in [0.2, 0.25) is 0 Å². The van der Waals surface area contributed by atoms with Gasteiger partial charge in [-0.1, -0.05) is 39.0 Å². The van der Waals surface area contributed by atoms with Gasteiger partial charge < -0.3 is 10.1 Å². The van der Waals surface area contributed by atoms with Gasteiger partial charge in [-0.25, -0.2) is 8.42 Å². The monoisotopic (exact) mass is 430 g/mol. The van der Waals surface area contributed by atoms with Gasteiger partial charge in [-0.15, -0.1) is 0 Å². The Morgan fingerprint density at radius 1 is 1.07 bits per heavy atom. The molecule has 0 aliphatic carbocycles. The topological polar surface area (TPSA) is 75.7 Å². The third-order valence-electron chi connectivity index (χ3n) is 5.48. The first-order valence-corrected chi connectivity index (χ1v) is 11.6. The number of benzene rings is 2. The predicted molar refractivity (Wildman–Crippen MR) is 117 cm³/mol. The van der Waals surface area contributed by atoms with Gasteiger partial charge in [-0.2, -0.15) is 4.31 Å². The highest BCUT2D eigenvalue weighted by Gasteiger charge is 2.30. The highest BCUT2D eigenvalue weighted by Crippen LogP contribution is 2.26. The van der Waals surface area contributed by atoms with Gasteiger partial charge in [0.15, 0.2) is 0 Å². The Morgan fingerprint density at radius 2 is 1.70 bits per heavy atom. The number of ether oxygens (including phenoxy) is 1. The second kappa shape index (κ2) is 8.78. The molecule has 0 atom stereocenters. The molecule has 0 unspecified atom stereocenters. The van der Waals surface area contributed by atoms with E-state index in [0.717, 1.165) is 5.56 Å². The largest absolute Gasteiger partial charge is 0.497 e. The molecule has 162 valence electrons. The van der Waals surface area contributed by atoms with Crippen LogP contribution in [-0.4, -0.2) is 44.9 Å². The summed E-state index contributed by atoms with van der Waals surface area (Å²) < 4.78 is 32.7. The summed E-state index contributed by atoms with van der Waals surface area (Å²) >= 11 is 0. The molecular formula is C23H30N2O4S. The van der Waals surface area contributed by atoms with Crippen LogP contribution in [0, 0.1) is 0 Å². The number of rotatable bonds is 5. The number of piperidine rings is 1. The summed E-state index contributed by atoms with van der Waals surface area (Å²) in [5, 5.41) is 3.01. The standard InChI is InChI=1S/C23H30N2O4S/c1-23(2,3)18-8-10-21(11-9-18)30(27,28)25-14-12-19(13-15-25)24-22(26)17-6-5-7-20(16-17)29-4/h5-11,16,19H,12-15H2,1-4H3,(H,24,26). The van der Waals surface area contributed by atoms with Crippen molar-refractivity contribution >= 4 is 15.9 Å². The van der Waals surface area contributed by atoms with Crippen molar-refractivity contribution < 1.29 is 17.9 Å². The number of hydrogen-bond donors (Lipinski definition) is 1. The molecule has 1 N–H and O–H groups in total. The third kappa shape index (κ3) is 5.02. The Hall–Kier alpha value is -2.38. The molecule has 1 heterocycles. The fourth-order valence-electron chi connectivity index (χ4n) is 3.55. The highest BCUT2D eigenvalue weighted by molar-refractivity contribution is 7.89. The Balaban J connectivity index is 1.61. The number of amides is 1. The number of sulfonamides is 1. The first-order valence-electron chi connectivity index (χ1n) is 10.2. The Morgan fingerprint density at radius 3 is 2.27 bits per heavy atom. The molecule has 1 saturated heterocycles. The van der Waals surface area contributed by atoms with Gasteiger partial charge in [0.25, 0.3) is 5.91 Å². The van der Waals surface area contributed by atoms with E-state index in [0.29, 0.717) is 42.1 Å². The summed E-state index contributed by atoms with van der Waals surface area (Å²) in [6.45, 7) is 7.06. The van der Waals surface area contributed by atoms with E-state index in [1.807, 2.05) is 12.1 Å². The number of carbonyl (C=O) groups excluding carboxylic acids is 1. The normalized spacial score (nSPS) is 16.3. The number of carbonyl (C=O) groups is 1. The van der Waals surface area contributed by atoms with Crippen molar-refractivity contribution in [3.8, 4) is 5.75 Å². The molecule has 6 nitrogen and oxygen atoms in total. The van der Waals surface area contributed by atoms with Gasteiger partial charge in [-0.3, -0.25) is 4.79 Å². The molecule has 7 heteroatoms. The zero-order valence-electron chi connectivity index (χ0n) is 18.0. The summed E-state index contributed by atoms with van der Waals surface area (Å²) in [7, 11) is -1.97. The molecule has 0 radical (unpaired) electrons. The zero-order chi connectivity index (χ0) is 21.9. The first-order chi connectivity index (χ1) is 14.1. The van der Waals surface area contributed by atoms with Crippen molar-refractivity contribution in [2.24, 2.45) is 0 Å². The minimum Gasteiger partial charge on any atom is -0.497 e. The zero-order valence-corrected chi connectivity index (χ0v) is 18.8. The summed E-state index contributed by atoms with van der Waals surface area (Å²) in [4.78, 5) is 12.8. The fourth-order valence-corrected chi connectivity index (χ4v) is 5.02. The molecule has 3 rings (SSSR count).